The highest BCUT2D eigenvalue weighted by atomic mass is 16.6. The van der Waals surface area contributed by atoms with E-state index >= 15 is 0 Å². The van der Waals surface area contributed by atoms with E-state index in [4.69, 9.17) is 4.74 Å². The molecule has 1 spiro atoms. The van der Waals surface area contributed by atoms with Crippen LogP contribution in [0.5, 0.6) is 5.75 Å². The van der Waals surface area contributed by atoms with Gasteiger partial charge in [0.15, 0.2) is 0 Å². The number of imide groups is 1. The minimum Gasteiger partial charge on any atom is -0.410 e. The molecule has 2 N–H and O–H groups in total. The molecule has 0 unspecified atom stereocenters. The molecule has 0 saturated carbocycles. The van der Waals surface area contributed by atoms with Crippen molar-refractivity contribution in [3.63, 3.8) is 0 Å². The number of hydrogen-bond acceptors (Lipinski definition) is 4. The summed E-state index contributed by atoms with van der Waals surface area (Å²) in [4.78, 5) is 36.6. The molecule has 21 heavy (non-hydrogen) atoms. The summed E-state index contributed by atoms with van der Waals surface area (Å²) >= 11 is 0. The molecule has 2 heterocycles. The molecule has 0 bridgehead atoms. The Labute approximate surface area is 121 Å². The third-order valence-electron chi connectivity index (χ3n) is 3.84. The first kappa shape index (κ1) is 13.4. The molecule has 2 aliphatic rings. The van der Waals surface area contributed by atoms with Gasteiger partial charge in [-0.15, -0.1) is 0 Å². The number of amides is 4. The number of piperidine rings is 1. The second-order valence-electron chi connectivity index (χ2n) is 5.16. The molecule has 0 radical (unpaired) electrons. The molecule has 7 heteroatoms. The van der Waals surface area contributed by atoms with Gasteiger partial charge >= 0.3 is 12.1 Å². The molecule has 2 aliphatic heterocycles. The maximum Gasteiger partial charge on any atom is 0.415 e. The van der Waals surface area contributed by atoms with Crippen LogP contribution in [0.2, 0.25) is 0 Å². The van der Waals surface area contributed by atoms with E-state index < -0.39 is 17.7 Å². The minimum atomic E-state index is -0.874. The van der Waals surface area contributed by atoms with Crippen molar-refractivity contribution < 1.29 is 19.1 Å². The zero-order valence-electron chi connectivity index (χ0n) is 11.3. The quantitative estimate of drug-likeness (QED) is 0.751. The zero-order valence-corrected chi connectivity index (χ0v) is 11.3. The standard InChI is InChI=1S/C14H15N3O4/c18-11-14(16-12(19)15-11)6-8-17(9-7-14)13(20)21-10-4-2-1-3-5-10/h1-5H,6-9H2,(H2,15,16,18,19). The van der Waals surface area contributed by atoms with Gasteiger partial charge in [0.05, 0.1) is 0 Å². The second kappa shape index (κ2) is 5.08. The van der Waals surface area contributed by atoms with Gasteiger partial charge in [0, 0.05) is 13.1 Å². The molecule has 0 aliphatic carbocycles. The predicted molar refractivity (Wildman–Crippen MR) is 72.7 cm³/mol. The van der Waals surface area contributed by atoms with Crippen molar-refractivity contribution in [2.45, 2.75) is 18.4 Å². The Morgan fingerprint density at radius 3 is 2.38 bits per heavy atom. The fourth-order valence-corrected chi connectivity index (χ4v) is 2.61. The van der Waals surface area contributed by atoms with Crippen LogP contribution in [-0.4, -0.2) is 41.6 Å². The maximum absolute atomic E-state index is 12.0. The van der Waals surface area contributed by atoms with Crippen LogP contribution in [0.1, 0.15) is 12.8 Å². The molecule has 7 nitrogen and oxygen atoms in total. The van der Waals surface area contributed by atoms with Crippen LogP contribution in [0.3, 0.4) is 0 Å². The lowest BCUT2D eigenvalue weighted by atomic mass is 9.88. The Morgan fingerprint density at radius 1 is 1.14 bits per heavy atom. The first-order chi connectivity index (χ1) is 10.1. The highest BCUT2D eigenvalue weighted by Gasteiger charge is 2.48. The van der Waals surface area contributed by atoms with Crippen LogP contribution in [0.15, 0.2) is 30.3 Å². The van der Waals surface area contributed by atoms with Crippen LogP contribution in [0.25, 0.3) is 0 Å². The van der Waals surface area contributed by atoms with Crippen LogP contribution in [-0.2, 0) is 4.79 Å². The molecule has 4 amide bonds. The van der Waals surface area contributed by atoms with E-state index in [0.29, 0.717) is 31.7 Å². The summed E-state index contributed by atoms with van der Waals surface area (Å²) in [6.45, 7) is 0.721. The predicted octanol–water partition coefficient (Wildman–Crippen LogP) is 0.859. The number of likely N-dealkylation sites (tertiary alicyclic amines) is 1. The van der Waals surface area contributed by atoms with Gasteiger partial charge in [-0.05, 0) is 25.0 Å². The normalized spacial score (nSPS) is 20.1. The Kier molecular flexibility index (Phi) is 3.25. The van der Waals surface area contributed by atoms with Gasteiger partial charge in [0.2, 0.25) is 0 Å². The summed E-state index contributed by atoms with van der Waals surface area (Å²) in [5, 5.41) is 4.89. The number of carbonyl (C=O) groups excluding carboxylic acids is 3. The first-order valence-corrected chi connectivity index (χ1v) is 6.74. The highest BCUT2D eigenvalue weighted by molar-refractivity contribution is 6.07. The van der Waals surface area contributed by atoms with Crippen molar-refractivity contribution in [2.75, 3.05) is 13.1 Å². The average Bonchev–Trinajstić information content (AvgIpc) is 2.74. The SMILES string of the molecule is O=C1NC(=O)C2(CCN(C(=O)Oc3ccccc3)CC2)N1. The first-order valence-electron chi connectivity index (χ1n) is 6.74. The summed E-state index contributed by atoms with van der Waals surface area (Å²) < 4.78 is 5.25. The van der Waals surface area contributed by atoms with E-state index in [1.54, 1.807) is 24.3 Å². The number of hydrogen-bond donors (Lipinski definition) is 2. The van der Waals surface area contributed by atoms with Crippen LogP contribution in [0.4, 0.5) is 9.59 Å². The molecular weight excluding hydrogens is 274 g/mol. The zero-order chi connectivity index (χ0) is 14.9. The van der Waals surface area contributed by atoms with E-state index in [-0.39, 0.29) is 5.91 Å². The summed E-state index contributed by atoms with van der Waals surface area (Å²) in [5.41, 5.74) is -0.874. The number of benzene rings is 1. The summed E-state index contributed by atoms with van der Waals surface area (Å²) in [7, 11) is 0. The largest absolute Gasteiger partial charge is 0.415 e. The van der Waals surface area contributed by atoms with Gasteiger partial charge in [-0.3, -0.25) is 10.1 Å². The van der Waals surface area contributed by atoms with Crippen molar-refractivity contribution >= 4 is 18.0 Å². The number of para-hydroxylation sites is 1. The fraction of sp³-hybridized carbons (Fsp3) is 0.357. The lowest BCUT2D eigenvalue weighted by Crippen LogP contribution is -2.56. The third kappa shape index (κ3) is 2.54. The lowest BCUT2D eigenvalue weighted by Gasteiger charge is -2.36. The number of rotatable bonds is 1. The smallest absolute Gasteiger partial charge is 0.410 e. The van der Waals surface area contributed by atoms with Crippen LogP contribution < -0.4 is 15.4 Å². The Balaban J connectivity index is 1.60. The van der Waals surface area contributed by atoms with Gasteiger partial charge in [-0.1, -0.05) is 18.2 Å². The summed E-state index contributed by atoms with van der Waals surface area (Å²) in [6, 6.07) is 8.34. The molecule has 3 rings (SSSR count). The minimum absolute atomic E-state index is 0.316. The number of carbonyl (C=O) groups is 3. The molecule has 0 aromatic heterocycles. The molecule has 1 aromatic rings. The van der Waals surface area contributed by atoms with Gasteiger partial charge in [-0.25, -0.2) is 9.59 Å². The molecule has 110 valence electrons. The van der Waals surface area contributed by atoms with Crippen molar-refractivity contribution in [1.82, 2.24) is 15.5 Å². The van der Waals surface area contributed by atoms with E-state index in [9.17, 15) is 14.4 Å². The van der Waals surface area contributed by atoms with Crippen molar-refractivity contribution in [2.24, 2.45) is 0 Å². The van der Waals surface area contributed by atoms with Gasteiger partial charge in [0.1, 0.15) is 11.3 Å². The molecule has 2 fully saturated rings. The fourth-order valence-electron chi connectivity index (χ4n) is 2.61. The van der Waals surface area contributed by atoms with Crippen molar-refractivity contribution in [1.29, 1.82) is 0 Å². The number of nitrogens with one attached hydrogen (secondary N) is 2. The van der Waals surface area contributed by atoms with E-state index in [0.717, 1.165) is 0 Å². The topological polar surface area (TPSA) is 87.7 Å². The number of nitrogens with zero attached hydrogens (tertiary/aromatic N) is 1. The van der Waals surface area contributed by atoms with Crippen LogP contribution in [0, 0.1) is 0 Å². The highest BCUT2D eigenvalue weighted by Crippen LogP contribution is 2.26. The molecule has 1 aromatic carbocycles. The summed E-state index contributed by atoms with van der Waals surface area (Å²) in [5.74, 6) is 0.165. The average molecular weight is 289 g/mol. The molecule has 0 atom stereocenters. The monoisotopic (exact) mass is 289 g/mol. The maximum atomic E-state index is 12.0. The van der Waals surface area contributed by atoms with E-state index in [1.165, 1.54) is 4.90 Å². The Hall–Kier alpha value is -2.57. The molecular formula is C14H15N3O4. The van der Waals surface area contributed by atoms with Crippen molar-refractivity contribution in [3.05, 3.63) is 30.3 Å². The van der Waals surface area contributed by atoms with Gasteiger partial charge in [0.25, 0.3) is 5.91 Å². The van der Waals surface area contributed by atoms with E-state index in [2.05, 4.69) is 10.6 Å². The molecule has 2 saturated heterocycles. The summed E-state index contributed by atoms with van der Waals surface area (Å²) in [6.07, 6.45) is 0.323. The number of urea groups is 1. The Morgan fingerprint density at radius 2 is 1.81 bits per heavy atom. The van der Waals surface area contributed by atoms with Gasteiger partial charge in [-0.2, -0.15) is 0 Å². The van der Waals surface area contributed by atoms with Gasteiger partial charge < -0.3 is 15.0 Å². The third-order valence-corrected chi connectivity index (χ3v) is 3.84. The second-order valence-corrected chi connectivity index (χ2v) is 5.16. The lowest BCUT2D eigenvalue weighted by molar-refractivity contribution is -0.125. The Bertz CT molecular complexity index is 579. The van der Waals surface area contributed by atoms with Crippen molar-refractivity contribution in [3.8, 4) is 5.75 Å². The number of ether oxygens (including phenoxy) is 1. The van der Waals surface area contributed by atoms with Crippen LogP contribution >= 0.6 is 0 Å². The van der Waals surface area contributed by atoms with E-state index in [1.807, 2.05) is 6.07 Å².